The van der Waals surface area contributed by atoms with Gasteiger partial charge in [0.05, 0.1) is 12.2 Å². The summed E-state index contributed by atoms with van der Waals surface area (Å²) >= 11 is 0. The standard InChI is InChI=1S/C14H23NO2/c1-2-3-4-5-8-15-13-6-9-17-14(11-13)7-10-16-12-14/h1,13,15H,3-12H2. The van der Waals surface area contributed by atoms with Crippen molar-refractivity contribution < 1.29 is 9.47 Å². The van der Waals surface area contributed by atoms with E-state index in [9.17, 15) is 0 Å². The summed E-state index contributed by atoms with van der Waals surface area (Å²) in [7, 11) is 0. The van der Waals surface area contributed by atoms with Crippen molar-refractivity contribution in [1.29, 1.82) is 0 Å². The summed E-state index contributed by atoms with van der Waals surface area (Å²) < 4.78 is 11.4. The van der Waals surface area contributed by atoms with Gasteiger partial charge in [-0.05, 0) is 32.2 Å². The van der Waals surface area contributed by atoms with Crippen molar-refractivity contribution in [3.8, 4) is 12.3 Å². The first-order valence-corrected chi connectivity index (χ1v) is 6.73. The number of ether oxygens (including phenoxy) is 2. The molecule has 0 aromatic heterocycles. The monoisotopic (exact) mass is 237 g/mol. The van der Waals surface area contributed by atoms with Crippen LogP contribution in [0.15, 0.2) is 0 Å². The highest BCUT2D eigenvalue weighted by Gasteiger charge is 2.40. The normalized spacial score (nSPS) is 32.8. The van der Waals surface area contributed by atoms with Crippen LogP contribution in [-0.2, 0) is 9.47 Å². The van der Waals surface area contributed by atoms with Gasteiger partial charge in [0.2, 0.25) is 0 Å². The lowest BCUT2D eigenvalue weighted by molar-refractivity contribution is -0.0892. The topological polar surface area (TPSA) is 30.5 Å². The summed E-state index contributed by atoms with van der Waals surface area (Å²) in [6.07, 6.45) is 11.7. The van der Waals surface area contributed by atoms with Crippen LogP contribution < -0.4 is 5.32 Å². The molecule has 0 amide bonds. The minimum absolute atomic E-state index is 0.0226. The van der Waals surface area contributed by atoms with Gasteiger partial charge in [0, 0.05) is 32.1 Å². The van der Waals surface area contributed by atoms with Gasteiger partial charge in [0.25, 0.3) is 0 Å². The fourth-order valence-electron chi connectivity index (χ4n) is 2.72. The molecule has 0 aromatic carbocycles. The smallest absolute Gasteiger partial charge is 0.0951 e. The lowest BCUT2D eigenvalue weighted by atomic mass is 9.89. The number of unbranched alkanes of at least 4 members (excludes halogenated alkanes) is 2. The molecule has 2 atom stereocenters. The average Bonchev–Trinajstić information content (AvgIpc) is 2.77. The summed E-state index contributed by atoms with van der Waals surface area (Å²) in [6.45, 7) is 3.58. The van der Waals surface area contributed by atoms with Gasteiger partial charge < -0.3 is 14.8 Å². The Morgan fingerprint density at radius 3 is 3.06 bits per heavy atom. The zero-order valence-electron chi connectivity index (χ0n) is 10.5. The highest BCUT2D eigenvalue weighted by Crippen LogP contribution is 2.32. The van der Waals surface area contributed by atoms with E-state index in [2.05, 4.69) is 11.2 Å². The number of terminal acetylenes is 1. The van der Waals surface area contributed by atoms with Crippen molar-refractivity contribution in [3.63, 3.8) is 0 Å². The number of nitrogens with one attached hydrogen (secondary N) is 1. The predicted octanol–water partition coefficient (Wildman–Crippen LogP) is 1.72. The molecule has 1 N–H and O–H groups in total. The fraction of sp³-hybridized carbons (Fsp3) is 0.857. The molecular formula is C14H23NO2. The Balaban J connectivity index is 1.65. The molecule has 96 valence electrons. The van der Waals surface area contributed by atoms with E-state index in [1.165, 1.54) is 6.42 Å². The Kier molecular flexibility index (Phi) is 4.85. The molecule has 2 heterocycles. The molecule has 2 aliphatic heterocycles. The van der Waals surface area contributed by atoms with Gasteiger partial charge in [-0.15, -0.1) is 12.3 Å². The van der Waals surface area contributed by atoms with Gasteiger partial charge in [-0.25, -0.2) is 0 Å². The molecule has 2 aliphatic rings. The summed E-state index contributed by atoms with van der Waals surface area (Å²) in [4.78, 5) is 0. The van der Waals surface area contributed by atoms with Crippen molar-refractivity contribution in [2.45, 2.75) is 50.2 Å². The van der Waals surface area contributed by atoms with Crippen LogP contribution in [-0.4, -0.2) is 38.0 Å². The molecule has 3 nitrogen and oxygen atoms in total. The van der Waals surface area contributed by atoms with Gasteiger partial charge >= 0.3 is 0 Å². The zero-order valence-corrected chi connectivity index (χ0v) is 10.5. The van der Waals surface area contributed by atoms with Crippen molar-refractivity contribution in [2.75, 3.05) is 26.4 Å². The molecule has 2 rings (SSSR count). The van der Waals surface area contributed by atoms with E-state index >= 15 is 0 Å². The second-order valence-electron chi connectivity index (χ2n) is 5.14. The van der Waals surface area contributed by atoms with Crippen molar-refractivity contribution in [1.82, 2.24) is 5.32 Å². The lowest BCUT2D eigenvalue weighted by Crippen LogP contribution is -2.47. The van der Waals surface area contributed by atoms with E-state index in [1.807, 2.05) is 0 Å². The van der Waals surface area contributed by atoms with Crippen molar-refractivity contribution in [3.05, 3.63) is 0 Å². The Hall–Kier alpha value is -0.560. The largest absolute Gasteiger partial charge is 0.378 e. The van der Waals surface area contributed by atoms with E-state index in [4.69, 9.17) is 15.9 Å². The van der Waals surface area contributed by atoms with Gasteiger partial charge in [-0.1, -0.05) is 0 Å². The molecule has 2 saturated heterocycles. The van der Waals surface area contributed by atoms with Crippen LogP contribution in [0.5, 0.6) is 0 Å². The minimum Gasteiger partial charge on any atom is -0.378 e. The maximum absolute atomic E-state index is 5.91. The number of hydrogen-bond acceptors (Lipinski definition) is 3. The first-order valence-electron chi connectivity index (χ1n) is 6.73. The Labute approximate surface area is 104 Å². The molecular weight excluding hydrogens is 214 g/mol. The molecule has 1 spiro atoms. The maximum atomic E-state index is 5.91. The highest BCUT2D eigenvalue weighted by molar-refractivity contribution is 4.92. The van der Waals surface area contributed by atoms with E-state index in [1.54, 1.807) is 0 Å². The summed E-state index contributed by atoms with van der Waals surface area (Å²) in [6, 6.07) is 0.594. The quantitative estimate of drug-likeness (QED) is 0.583. The Bertz CT molecular complexity index is 266. The van der Waals surface area contributed by atoms with Gasteiger partial charge in [0.15, 0.2) is 0 Å². The second-order valence-corrected chi connectivity index (χ2v) is 5.14. The second kappa shape index (κ2) is 6.39. The van der Waals surface area contributed by atoms with Crippen LogP contribution in [0.1, 0.15) is 38.5 Å². The van der Waals surface area contributed by atoms with E-state index in [-0.39, 0.29) is 5.60 Å². The molecule has 2 unspecified atom stereocenters. The Morgan fingerprint density at radius 1 is 1.35 bits per heavy atom. The third-order valence-corrected chi connectivity index (χ3v) is 3.74. The van der Waals surface area contributed by atoms with Crippen molar-refractivity contribution in [2.24, 2.45) is 0 Å². The summed E-state index contributed by atoms with van der Waals surface area (Å²) in [5.74, 6) is 2.68. The van der Waals surface area contributed by atoms with Gasteiger partial charge in [0.1, 0.15) is 0 Å². The molecule has 0 saturated carbocycles. The van der Waals surface area contributed by atoms with Gasteiger partial charge in [-0.2, -0.15) is 0 Å². The highest BCUT2D eigenvalue weighted by atomic mass is 16.6. The molecule has 0 aromatic rings. The first-order chi connectivity index (χ1) is 8.35. The zero-order chi connectivity index (χ0) is 12.0. The van der Waals surface area contributed by atoms with Crippen molar-refractivity contribution >= 4 is 0 Å². The summed E-state index contributed by atoms with van der Waals surface area (Å²) in [5.41, 5.74) is 0.0226. The van der Waals surface area contributed by atoms with Crippen LogP contribution >= 0.6 is 0 Å². The first kappa shape index (κ1) is 12.9. The van der Waals surface area contributed by atoms with E-state index in [0.29, 0.717) is 6.04 Å². The third kappa shape index (κ3) is 3.70. The average molecular weight is 237 g/mol. The maximum Gasteiger partial charge on any atom is 0.0951 e. The molecule has 3 heteroatoms. The lowest BCUT2D eigenvalue weighted by Gasteiger charge is -2.37. The third-order valence-electron chi connectivity index (χ3n) is 3.74. The van der Waals surface area contributed by atoms with Crippen LogP contribution in [0.3, 0.4) is 0 Å². The van der Waals surface area contributed by atoms with E-state index < -0.39 is 0 Å². The molecule has 0 aliphatic carbocycles. The molecule has 0 bridgehead atoms. The predicted molar refractivity (Wildman–Crippen MR) is 67.8 cm³/mol. The van der Waals surface area contributed by atoms with Gasteiger partial charge in [-0.3, -0.25) is 0 Å². The molecule has 2 fully saturated rings. The number of rotatable bonds is 5. The molecule has 17 heavy (non-hydrogen) atoms. The van der Waals surface area contributed by atoms with Crippen LogP contribution in [0.25, 0.3) is 0 Å². The number of hydrogen-bond donors (Lipinski definition) is 1. The molecule has 0 radical (unpaired) electrons. The van der Waals surface area contributed by atoms with Crippen LogP contribution in [0, 0.1) is 12.3 Å². The minimum atomic E-state index is 0.0226. The Morgan fingerprint density at radius 2 is 2.29 bits per heavy atom. The van der Waals surface area contributed by atoms with Crippen LogP contribution in [0.2, 0.25) is 0 Å². The summed E-state index contributed by atoms with van der Waals surface area (Å²) in [5, 5.41) is 3.63. The fourth-order valence-corrected chi connectivity index (χ4v) is 2.72. The van der Waals surface area contributed by atoms with Crippen LogP contribution in [0.4, 0.5) is 0 Å². The van der Waals surface area contributed by atoms with E-state index in [0.717, 1.165) is 58.5 Å². The SMILES string of the molecule is C#CCCCCNC1CCOC2(CCOC2)C1.